The minimum absolute atomic E-state index is 0.0253. The number of hydrogen-bond acceptors (Lipinski definition) is 2. The number of pyridine rings is 1. The Morgan fingerprint density at radius 1 is 0.480 bits per heavy atom. The SMILES string of the molecule is [2H]c1c([2H])c([2H])c([Si](c2cc3c4c(c2)n(-c2cccc(Oc5ccc6c7ccccc7n(-c7cc(C(C)(C)C)ccn7)c6c5)c2)[c-][n+]4-c2c(cc(-c4c(C([2H])([2H])[2H])cccc4C([2H])([2H])[2H])cc2-c2c(C([2H])([2H])[2H])cccc2C([2H])([2H])[2H])-c2cc4c(cc2-c2ccccc2-3)C(C)(C)CCC4(C)C)(c2c([2H])c([2H])c([2H])c([2H])c2[2H])c2c([2H])c([2H])c([2H])c([2H])c2[2H])c([2H])c1[2H]. The van der Waals surface area contributed by atoms with Crippen LogP contribution in [0.4, 0.5) is 0 Å². The second kappa shape index (κ2) is 23.6. The van der Waals surface area contributed by atoms with Crippen molar-refractivity contribution in [2.75, 3.05) is 0 Å². The molecule has 0 atom stereocenters. The number of aryl methyl sites for hydroxylation is 4. The largest absolute Gasteiger partial charge is 0.458 e. The van der Waals surface area contributed by atoms with Crippen molar-refractivity contribution in [1.82, 2.24) is 14.1 Å². The van der Waals surface area contributed by atoms with Crippen LogP contribution in [0.15, 0.2) is 273 Å². The normalized spacial score (nSPS) is 18.2. The molecule has 0 fully saturated rings. The van der Waals surface area contributed by atoms with Gasteiger partial charge in [-0.05, 0) is 239 Å². The lowest BCUT2D eigenvalue weighted by atomic mass is 9.62. The zero-order valence-corrected chi connectivity index (χ0v) is 56.9. The monoisotopic (exact) mass is 1340 g/mol. The van der Waals surface area contributed by atoms with Gasteiger partial charge in [0.25, 0.3) is 6.33 Å². The van der Waals surface area contributed by atoms with Crippen LogP contribution in [0.2, 0.25) is 0 Å². The maximum absolute atomic E-state index is 10.3. The topological polar surface area (TPSA) is 35.9 Å². The van der Waals surface area contributed by atoms with Gasteiger partial charge < -0.3 is 4.74 Å². The van der Waals surface area contributed by atoms with Gasteiger partial charge in [-0.15, -0.1) is 0 Å². The maximum Gasteiger partial charge on any atom is 0.269 e. The molecule has 1 aliphatic heterocycles. The van der Waals surface area contributed by atoms with Crippen molar-refractivity contribution in [2.45, 2.75) is 105 Å². The molecule has 3 aromatic heterocycles. The molecule has 488 valence electrons. The second-order valence-electron chi connectivity index (χ2n) is 28.3. The van der Waals surface area contributed by atoms with E-state index in [9.17, 15) is 32.9 Å². The van der Waals surface area contributed by atoms with E-state index in [4.69, 9.17) is 13.8 Å². The van der Waals surface area contributed by atoms with Gasteiger partial charge in [-0.3, -0.25) is 13.7 Å². The van der Waals surface area contributed by atoms with Gasteiger partial charge in [-0.25, -0.2) is 4.98 Å². The van der Waals surface area contributed by atoms with Gasteiger partial charge in [0.15, 0.2) is 8.07 Å². The molecule has 0 unspecified atom stereocenters. The molecule has 1 aliphatic carbocycles. The van der Waals surface area contributed by atoms with E-state index >= 15 is 0 Å². The van der Waals surface area contributed by atoms with Crippen LogP contribution in [0, 0.1) is 33.7 Å². The maximum atomic E-state index is 10.3. The van der Waals surface area contributed by atoms with E-state index in [1.54, 1.807) is 71.4 Å². The Balaban J connectivity index is 1.13. The van der Waals surface area contributed by atoms with Crippen LogP contribution in [0.1, 0.15) is 137 Å². The van der Waals surface area contributed by atoms with Gasteiger partial charge in [-0.2, -0.15) is 0 Å². The van der Waals surface area contributed by atoms with Crippen molar-refractivity contribution in [3.8, 4) is 84.3 Å². The van der Waals surface area contributed by atoms with Crippen molar-refractivity contribution in [2.24, 2.45) is 0 Å². The summed E-state index contributed by atoms with van der Waals surface area (Å²) < 4.78 is 272. The summed E-state index contributed by atoms with van der Waals surface area (Å²) in [6.45, 7) is 2.14. The highest BCUT2D eigenvalue weighted by Gasteiger charge is 2.44. The fourth-order valence-electron chi connectivity index (χ4n) is 15.4. The van der Waals surface area contributed by atoms with Crippen LogP contribution < -0.4 is 30.1 Å². The lowest BCUT2D eigenvalue weighted by Gasteiger charge is -2.42. The first-order chi connectivity index (χ1) is 59.4. The number of rotatable bonds is 10. The van der Waals surface area contributed by atoms with Crippen molar-refractivity contribution in [1.29, 1.82) is 0 Å². The predicted octanol–water partition coefficient (Wildman–Crippen LogP) is 20.9. The molecule has 5 nitrogen and oxygen atoms in total. The molecule has 6 heteroatoms. The van der Waals surface area contributed by atoms with E-state index in [1.165, 1.54) is 59.2 Å². The molecule has 0 bridgehead atoms. The minimum atomic E-state index is -6.17. The molecule has 4 heterocycles. The van der Waals surface area contributed by atoms with Gasteiger partial charge in [0.1, 0.15) is 17.3 Å². The first-order valence-corrected chi connectivity index (χ1v) is 35.2. The lowest BCUT2D eigenvalue weighted by Crippen LogP contribution is -2.74. The summed E-state index contributed by atoms with van der Waals surface area (Å²) in [7, 11) is -6.17. The van der Waals surface area contributed by atoms with Crippen molar-refractivity contribution in [3.63, 3.8) is 0 Å². The van der Waals surface area contributed by atoms with Crippen LogP contribution in [0.5, 0.6) is 11.5 Å². The standard InChI is InChI=1S/C94H82N4OSi/c1-60-28-25-29-61(2)88(60)64-50-79-78-58-83-82(93(8,9)47-48-94(83,10)11)57-77(78)73-40-21-22-41-74(73)80-55-72(100(69-34-15-12-16-35-69,70-36-17-13-18-37-70)71-38-19-14-20-39-71)56-86-91(80)97(90(79)81(51-64)89-62(3)30-26-31-63(89)4)59-96(86)66-32-27-33-67(53-66)99-68-44-45-76-75-42-23-24-43-84(75)98(85(76)54-68)87-52-65(46-49-95-87)92(5,6)7/h12-46,49-58H,47-48H2,1-11H3/i1D3,2D3,3D3,4D3,12D,13D,14D,15D,16D,17D,18D,19D,20D,34D,35D,36D,37D,38D,39D. The Kier molecular flexibility index (Phi) is 9.36. The van der Waals surface area contributed by atoms with Crippen LogP contribution in [0.3, 0.4) is 0 Å². The summed E-state index contributed by atoms with van der Waals surface area (Å²) >= 11 is 0. The zero-order valence-electron chi connectivity index (χ0n) is 82.9. The Morgan fingerprint density at radius 2 is 1.03 bits per heavy atom. The van der Waals surface area contributed by atoms with Crippen molar-refractivity contribution in [3.05, 3.63) is 318 Å². The average Bonchev–Trinajstić information content (AvgIpc) is 1.32. The highest BCUT2D eigenvalue weighted by atomic mass is 28.3. The Hall–Kier alpha value is -10.9. The summed E-state index contributed by atoms with van der Waals surface area (Å²) in [5.74, 6) is 1.13. The van der Waals surface area contributed by atoms with Crippen LogP contribution in [-0.2, 0) is 16.2 Å². The molecular weight excluding hydrogens is 1230 g/mol. The molecule has 100 heavy (non-hydrogen) atoms. The second-order valence-corrected chi connectivity index (χ2v) is 31.9. The van der Waals surface area contributed by atoms with E-state index in [0.29, 0.717) is 41.1 Å². The number of ether oxygens (including phenoxy) is 1. The molecule has 0 amide bonds. The van der Waals surface area contributed by atoms with E-state index < -0.39 is 180 Å². The van der Waals surface area contributed by atoms with Gasteiger partial charge in [-0.1, -0.05) is 242 Å². The molecule has 0 radical (unpaired) electrons. The van der Waals surface area contributed by atoms with Gasteiger partial charge in [0, 0.05) is 39.5 Å². The number of hydrogen-bond donors (Lipinski definition) is 0. The van der Waals surface area contributed by atoms with E-state index in [-0.39, 0.29) is 72.1 Å². The Bertz CT molecular complexity index is 6930. The van der Waals surface area contributed by atoms with E-state index in [2.05, 4.69) is 54.8 Å². The number of benzene rings is 12. The number of fused-ring (bicyclic) bond motifs is 11. The number of imidazole rings is 1. The molecule has 0 saturated carbocycles. The van der Waals surface area contributed by atoms with E-state index in [1.807, 2.05) is 65.2 Å². The number of aromatic nitrogens is 4. The fraction of sp³-hybridized carbons (Fsp3) is 0.170. The summed E-state index contributed by atoms with van der Waals surface area (Å²) in [4.78, 5) is 4.91. The smallest absolute Gasteiger partial charge is 0.269 e. The van der Waals surface area contributed by atoms with Crippen molar-refractivity contribution < 1.29 is 46.3 Å². The first-order valence-electron chi connectivity index (χ1n) is 46.7. The van der Waals surface area contributed by atoms with Crippen LogP contribution in [-0.4, -0.2) is 22.2 Å². The van der Waals surface area contributed by atoms with E-state index in [0.717, 1.165) is 38.5 Å². The van der Waals surface area contributed by atoms with Gasteiger partial charge in [0.2, 0.25) is 0 Å². The highest BCUT2D eigenvalue weighted by Crippen LogP contribution is 2.54. The minimum Gasteiger partial charge on any atom is -0.458 e. The summed E-state index contributed by atoms with van der Waals surface area (Å²) in [6.07, 6.45) is 6.73. The Morgan fingerprint density at radius 3 is 1.65 bits per heavy atom. The number of nitrogens with zero attached hydrogens (tertiary/aromatic N) is 4. The van der Waals surface area contributed by atoms with Gasteiger partial charge in [0.05, 0.1) is 54.0 Å². The lowest BCUT2D eigenvalue weighted by molar-refractivity contribution is -0.570. The third-order valence-corrected chi connectivity index (χ3v) is 24.6. The summed E-state index contributed by atoms with van der Waals surface area (Å²) in [5, 5.41) is -0.935. The highest BCUT2D eigenvalue weighted by molar-refractivity contribution is 7.20. The molecule has 0 N–H and O–H groups in total. The Labute approximate surface area is 627 Å². The summed E-state index contributed by atoms with van der Waals surface area (Å²) in [6, 6.07) is 33.6. The van der Waals surface area contributed by atoms with Crippen LogP contribution >= 0.6 is 0 Å². The summed E-state index contributed by atoms with van der Waals surface area (Å²) in [5.41, 5.74) is 1.28. The predicted molar refractivity (Wildman–Crippen MR) is 420 cm³/mol. The molecule has 17 rings (SSSR count). The molecule has 12 aromatic carbocycles. The quantitative estimate of drug-likeness (QED) is 0.0592. The first kappa shape index (κ1) is 39.6. The molecule has 2 aliphatic rings. The third kappa shape index (κ3) is 10.1. The number of para-hydroxylation sites is 1. The molecule has 0 spiro atoms. The third-order valence-electron chi connectivity index (χ3n) is 20.4. The van der Waals surface area contributed by atoms with Crippen molar-refractivity contribution >= 4 is 61.7 Å². The van der Waals surface area contributed by atoms with Crippen LogP contribution in [0.25, 0.3) is 106 Å². The fourth-order valence-corrected chi connectivity index (χ4v) is 19.2. The molecule has 15 aromatic rings. The molecular formula is C94H82N4OSi. The average molecular weight is 1340 g/mol. The molecule has 0 saturated heterocycles. The van der Waals surface area contributed by atoms with Gasteiger partial charge >= 0.3 is 0 Å². The zero-order chi connectivity index (χ0) is 91.6.